The summed E-state index contributed by atoms with van der Waals surface area (Å²) in [6.07, 6.45) is 4.11. The summed E-state index contributed by atoms with van der Waals surface area (Å²) in [6.45, 7) is 2.14. The minimum atomic E-state index is 0.181. The van der Waals surface area contributed by atoms with Crippen LogP contribution in [0.1, 0.15) is 18.5 Å². The molecule has 3 rings (SSSR count). The molecule has 0 unspecified atom stereocenters. The molecule has 1 atom stereocenters. The Balaban J connectivity index is 1.77. The van der Waals surface area contributed by atoms with E-state index < -0.39 is 0 Å². The third-order valence-corrected chi connectivity index (χ3v) is 4.82. The Morgan fingerprint density at radius 2 is 2.19 bits per heavy atom. The molecule has 0 aliphatic carbocycles. The van der Waals surface area contributed by atoms with Crippen molar-refractivity contribution >= 4 is 23.0 Å². The molecule has 1 saturated heterocycles. The number of benzene rings is 1. The van der Waals surface area contributed by atoms with Crippen molar-refractivity contribution in [2.24, 2.45) is 0 Å². The van der Waals surface area contributed by atoms with Crippen molar-refractivity contribution in [3.63, 3.8) is 0 Å². The molecule has 1 aromatic heterocycles. The largest absolute Gasteiger partial charge is 0.497 e. The SMILES string of the molecule is COc1ccc(OC)c(NC(=S)N(Cc2ccccn2)C[C@@H]2CCCO2)c1. The van der Waals surface area contributed by atoms with Crippen LogP contribution in [0, 0.1) is 0 Å². The maximum atomic E-state index is 5.81. The van der Waals surface area contributed by atoms with Crippen LogP contribution in [0.4, 0.5) is 5.69 Å². The van der Waals surface area contributed by atoms with Crippen LogP contribution < -0.4 is 14.8 Å². The predicted molar refractivity (Wildman–Crippen MR) is 109 cm³/mol. The maximum absolute atomic E-state index is 5.81. The first kappa shape index (κ1) is 19.4. The molecular formula is C20H25N3O3S. The highest BCUT2D eigenvalue weighted by Gasteiger charge is 2.22. The second-order valence-corrected chi connectivity index (χ2v) is 6.72. The van der Waals surface area contributed by atoms with Crippen LogP contribution in [0.5, 0.6) is 11.5 Å². The number of nitrogens with zero attached hydrogens (tertiary/aromatic N) is 2. The monoisotopic (exact) mass is 387 g/mol. The fourth-order valence-electron chi connectivity index (χ4n) is 3.05. The van der Waals surface area contributed by atoms with Crippen LogP contribution in [0.3, 0.4) is 0 Å². The van der Waals surface area contributed by atoms with Crippen molar-refractivity contribution in [3.05, 3.63) is 48.3 Å². The van der Waals surface area contributed by atoms with Crippen LogP contribution in [0.25, 0.3) is 0 Å². The number of hydrogen-bond acceptors (Lipinski definition) is 5. The molecule has 0 amide bonds. The second-order valence-electron chi connectivity index (χ2n) is 6.33. The summed E-state index contributed by atoms with van der Waals surface area (Å²) in [5.74, 6) is 1.43. The Kier molecular flexibility index (Phi) is 6.84. The van der Waals surface area contributed by atoms with Crippen LogP contribution in [0.2, 0.25) is 0 Å². The fourth-order valence-corrected chi connectivity index (χ4v) is 3.30. The molecule has 1 aliphatic heterocycles. The quantitative estimate of drug-likeness (QED) is 0.730. The first-order valence-electron chi connectivity index (χ1n) is 8.99. The van der Waals surface area contributed by atoms with Gasteiger partial charge in [-0.3, -0.25) is 4.98 Å². The first-order valence-corrected chi connectivity index (χ1v) is 9.40. The number of pyridine rings is 1. The summed E-state index contributed by atoms with van der Waals surface area (Å²) in [7, 11) is 3.27. The molecular weight excluding hydrogens is 362 g/mol. The van der Waals surface area contributed by atoms with Gasteiger partial charge in [0.15, 0.2) is 5.11 Å². The van der Waals surface area contributed by atoms with Crippen molar-refractivity contribution in [2.45, 2.75) is 25.5 Å². The Bertz CT molecular complexity index is 751. The highest BCUT2D eigenvalue weighted by atomic mass is 32.1. The van der Waals surface area contributed by atoms with E-state index in [1.807, 2.05) is 36.4 Å². The topological polar surface area (TPSA) is 55.9 Å². The average Bonchev–Trinajstić information content (AvgIpc) is 3.21. The van der Waals surface area contributed by atoms with Gasteiger partial charge in [0.05, 0.1) is 38.2 Å². The third-order valence-electron chi connectivity index (χ3n) is 4.46. The molecule has 2 heterocycles. The summed E-state index contributed by atoms with van der Waals surface area (Å²) in [5, 5.41) is 3.90. The third kappa shape index (κ3) is 5.30. The lowest BCUT2D eigenvalue weighted by Crippen LogP contribution is -2.39. The summed E-state index contributed by atoms with van der Waals surface area (Å²) in [4.78, 5) is 6.52. The second kappa shape index (κ2) is 9.53. The molecule has 0 bridgehead atoms. The van der Waals surface area contributed by atoms with E-state index >= 15 is 0 Å². The van der Waals surface area contributed by atoms with E-state index in [9.17, 15) is 0 Å². The zero-order valence-corrected chi connectivity index (χ0v) is 16.5. The van der Waals surface area contributed by atoms with Gasteiger partial charge in [0.25, 0.3) is 0 Å². The van der Waals surface area contributed by atoms with Crippen LogP contribution in [-0.2, 0) is 11.3 Å². The average molecular weight is 388 g/mol. The molecule has 0 saturated carbocycles. The molecule has 1 aromatic carbocycles. The molecule has 0 spiro atoms. The smallest absolute Gasteiger partial charge is 0.173 e. The Morgan fingerprint density at radius 1 is 1.30 bits per heavy atom. The summed E-state index contributed by atoms with van der Waals surface area (Å²) >= 11 is 5.71. The van der Waals surface area contributed by atoms with E-state index in [1.165, 1.54) is 0 Å². The molecule has 144 valence electrons. The number of anilines is 1. The van der Waals surface area contributed by atoms with Crippen molar-refractivity contribution in [1.82, 2.24) is 9.88 Å². The van der Waals surface area contributed by atoms with Gasteiger partial charge in [-0.15, -0.1) is 0 Å². The number of aromatic nitrogens is 1. The molecule has 0 radical (unpaired) electrons. The van der Waals surface area contributed by atoms with Crippen molar-refractivity contribution in [1.29, 1.82) is 0 Å². The minimum Gasteiger partial charge on any atom is -0.497 e. The van der Waals surface area contributed by atoms with E-state index in [-0.39, 0.29) is 6.10 Å². The van der Waals surface area contributed by atoms with Gasteiger partial charge in [0, 0.05) is 25.4 Å². The zero-order chi connectivity index (χ0) is 19.1. The van der Waals surface area contributed by atoms with Gasteiger partial charge < -0.3 is 24.4 Å². The standard InChI is InChI=1S/C20H25N3O3S/c1-24-16-8-9-19(25-2)18(12-16)22-20(27)23(14-17-7-5-11-26-17)13-15-6-3-4-10-21-15/h3-4,6,8-10,12,17H,5,7,11,13-14H2,1-2H3,(H,22,27)/t17-/m0/s1. The Morgan fingerprint density at radius 3 is 2.85 bits per heavy atom. The van der Waals surface area contributed by atoms with Crippen LogP contribution >= 0.6 is 12.2 Å². The molecule has 1 N–H and O–H groups in total. The Labute approximate surface area is 165 Å². The number of nitrogens with one attached hydrogen (secondary N) is 1. The van der Waals surface area contributed by atoms with E-state index in [2.05, 4.69) is 15.2 Å². The van der Waals surface area contributed by atoms with Gasteiger partial charge in [-0.2, -0.15) is 0 Å². The molecule has 6 nitrogen and oxygen atoms in total. The minimum absolute atomic E-state index is 0.181. The maximum Gasteiger partial charge on any atom is 0.173 e. The predicted octanol–water partition coefficient (Wildman–Crippen LogP) is 3.48. The molecule has 27 heavy (non-hydrogen) atoms. The number of methoxy groups -OCH3 is 2. The van der Waals surface area contributed by atoms with Crippen LogP contribution in [0.15, 0.2) is 42.6 Å². The van der Waals surface area contributed by atoms with E-state index in [4.69, 9.17) is 26.4 Å². The summed E-state index contributed by atoms with van der Waals surface area (Å²) in [5.41, 5.74) is 1.72. The lowest BCUT2D eigenvalue weighted by atomic mass is 10.2. The number of hydrogen-bond donors (Lipinski definition) is 1. The number of rotatable bonds is 7. The molecule has 1 aliphatic rings. The van der Waals surface area contributed by atoms with Crippen LogP contribution in [-0.4, -0.2) is 48.5 Å². The van der Waals surface area contributed by atoms with E-state index in [1.54, 1.807) is 20.4 Å². The molecule has 1 fully saturated rings. The number of thiocarbonyl (C=S) groups is 1. The molecule has 2 aromatic rings. The van der Waals surface area contributed by atoms with Gasteiger partial charge in [-0.25, -0.2) is 0 Å². The van der Waals surface area contributed by atoms with Gasteiger partial charge in [-0.1, -0.05) is 6.07 Å². The number of ether oxygens (including phenoxy) is 3. The van der Waals surface area contributed by atoms with Gasteiger partial charge in [0.2, 0.25) is 0 Å². The fraction of sp³-hybridized carbons (Fsp3) is 0.400. The first-order chi connectivity index (χ1) is 13.2. The van der Waals surface area contributed by atoms with Gasteiger partial charge in [-0.05, 0) is 49.3 Å². The lowest BCUT2D eigenvalue weighted by Gasteiger charge is -2.28. The van der Waals surface area contributed by atoms with Crippen molar-refractivity contribution in [2.75, 3.05) is 32.7 Å². The molecule has 7 heteroatoms. The normalized spacial score (nSPS) is 16.0. The zero-order valence-electron chi connectivity index (χ0n) is 15.7. The highest BCUT2D eigenvalue weighted by Crippen LogP contribution is 2.29. The highest BCUT2D eigenvalue weighted by molar-refractivity contribution is 7.80. The van der Waals surface area contributed by atoms with E-state index in [0.717, 1.165) is 36.6 Å². The van der Waals surface area contributed by atoms with E-state index in [0.29, 0.717) is 24.0 Å². The van der Waals surface area contributed by atoms with Gasteiger partial charge >= 0.3 is 0 Å². The summed E-state index contributed by atoms with van der Waals surface area (Å²) < 4.78 is 16.6. The Hall–Kier alpha value is -2.38. The summed E-state index contributed by atoms with van der Waals surface area (Å²) in [6, 6.07) is 11.5. The lowest BCUT2D eigenvalue weighted by molar-refractivity contribution is 0.0903. The van der Waals surface area contributed by atoms with Crippen molar-refractivity contribution in [3.8, 4) is 11.5 Å². The van der Waals surface area contributed by atoms with Crippen molar-refractivity contribution < 1.29 is 14.2 Å². The van der Waals surface area contributed by atoms with Gasteiger partial charge in [0.1, 0.15) is 11.5 Å².